The van der Waals surface area contributed by atoms with Crippen LogP contribution >= 0.6 is 11.8 Å². The number of ether oxygens (including phenoxy) is 1. The molecule has 0 saturated heterocycles. The molecule has 1 N–H and O–H groups in total. The summed E-state index contributed by atoms with van der Waals surface area (Å²) in [4.78, 5) is 30.5. The van der Waals surface area contributed by atoms with E-state index in [0.29, 0.717) is 23.1 Å². The Kier molecular flexibility index (Phi) is 5.77. The smallest absolute Gasteiger partial charge is 0.227 e. The van der Waals surface area contributed by atoms with Crippen molar-refractivity contribution in [3.8, 4) is 5.75 Å². The Morgan fingerprint density at radius 2 is 1.88 bits per heavy atom. The number of Topliss-reactive ketones (excluding diaryl/α,β-unsaturated/α-hetero) is 2. The van der Waals surface area contributed by atoms with E-state index in [-0.39, 0.29) is 28.8 Å². The molecule has 1 aliphatic heterocycles. The van der Waals surface area contributed by atoms with Crippen molar-refractivity contribution < 1.29 is 14.3 Å². The third-order valence-corrected chi connectivity index (χ3v) is 7.01. The normalized spacial score (nSPS) is 18.7. The molecule has 2 heterocycles. The maximum absolute atomic E-state index is 13.3. The summed E-state index contributed by atoms with van der Waals surface area (Å²) in [6.45, 7) is 4.21. The van der Waals surface area contributed by atoms with Gasteiger partial charge in [0.25, 0.3) is 0 Å². The molecule has 1 aliphatic carbocycles. The third kappa shape index (κ3) is 4.25. The highest BCUT2D eigenvalue weighted by molar-refractivity contribution is 7.99. The Balaban J connectivity index is 1.49. The number of hydrogen-bond donors (Lipinski definition) is 1. The summed E-state index contributed by atoms with van der Waals surface area (Å²) in [5, 5.41) is 8.58. The number of thioether (sulfide) groups is 1. The molecule has 0 amide bonds. The van der Waals surface area contributed by atoms with E-state index in [9.17, 15) is 9.59 Å². The number of fused-ring (bicyclic) bond motifs is 1. The number of anilines is 1. The van der Waals surface area contributed by atoms with E-state index >= 15 is 0 Å². The number of carbonyl (C=O) groups excluding carboxylic acids is 2. The van der Waals surface area contributed by atoms with Crippen LogP contribution in [0.2, 0.25) is 0 Å². The van der Waals surface area contributed by atoms with Gasteiger partial charge in [-0.3, -0.25) is 9.59 Å². The first-order valence-corrected chi connectivity index (χ1v) is 12.2. The molecular formula is C26H26N4O3S. The molecule has 0 bridgehead atoms. The number of aromatic nitrogens is 3. The lowest BCUT2D eigenvalue weighted by atomic mass is 9.73. The van der Waals surface area contributed by atoms with Crippen LogP contribution < -0.4 is 10.1 Å². The molecule has 8 heteroatoms. The molecule has 0 saturated carbocycles. The number of hydrogen-bond acceptors (Lipinski definition) is 7. The quantitative estimate of drug-likeness (QED) is 0.401. The molecule has 34 heavy (non-hydrogen) atoms. The van der Waals surface area contributed by atoms with Gasteiger partial charge in [0.05, 0.1) is 12.9 Å². The zero-order chi connectivity index (χ0) is 23.9. The molecule has 1 unspecified atom stereocenters. The zero-order valence-corrected chi connectivity index (χ0v) is 20.2. The van der Waals surface area contributed by atoms with E-state index in [1.807, 2.05) is 42.5 Å². The largest absolute Gasteiger partial charge is 0.497 e. The van der Waals surface area contributed by atoms with E-state index < -0.39 is 0 Å². The van der Waals surface area contributed by atoms with Crippen molar-refractivity contribution in [2.24, 2.45) is 5.41 Å². The van der Waals surface area contributed by atoms with Gasteiger partial charge in [-0.15, -0.1) is 5.10 Å². The van der Waals surface area contributed by atoms with E-state index in [0.717, 1.165) is 29.0 Å². The number of nitrogens with zero attached hydrogens (tertiary/aromatic N) is 3. The topological polar surface area (TPSA) is 86.1 Å². The van der Waals surface area contributed by atoms with Gasteiger partial charge in [-0.2, -0.15) is 4.98 Å². The summed E-state index contributed by atoms with van der Waals surface area (Å²) >= 11 is 1.30. The van der Waals surface area contributed by atoms with Gasteiger partial charge in [-0.1, -0.05) is 68.1 Å². The lowest BCUT2D eigenvalue weighted by Gasteiger charge is -2.38. The predicted octanol–water partition coefficient (Wildman–Crippen LogP) is 4.92. The number of carbonyl (C=O) groups is 2. The molecule has 2 aromatic carbocycles. The van der Waals surface area contributed by atoms with Crippen LogP contribution in [0.1, 0.15) is 48.7 Å². The lowest BCUT2D eigenvalue weighted by Crippen LogP contribution is -2.36. The average Bonchev–Trinajstić information content (AvgIpc) is 3.23. The fourth-order valence-corrected chi connectivity index (χ4v) is 5.31. The van der Waals surface area contributed by atoms with Crippen molar-refractivity contribution in [1.29, 1.82) is 0 Å². The van der Waals surface area contributed by atoms with E-state index in [1.165, 1.54) is 11.8 Å². The van der Waals surface area contributed by atoms with Crippen LogP contribution in [0.15, 0.2) is 71.0 Å². The van der Waals surface area contributed by atoms with Gasteiger partial charge in [-0.25, -0.2) is 4.68 Å². The first-order valence-electron chi connectivity index (χ1n) is 11.2. The molecule has 2 aliphatic rings. The van der Waals surface area contributed by atoms with Crippen molar-refractivity contribution in [2.45, 2.75) is 37.9 Å². The Labute approximate surface area is 202 Å². The molecule has 7 nitrogen and oxygen atoms in total. The molecule has 0 spiro atoms. The number of nitrogens with one attached hydrogen (secondary N) is 1. The van der Waals surface area contributed by atoms with Crippen LogP contribution in [0.4, 0.5) is 5.95 Å². The summed E-state index contributed by atoms with van der Waals surface area (Å²) in [5.74, 6) is 1.71. The summed E-state index contributed by atoms with van der Waals surface area (Å²) in [7, 11) is 1.63. The lowest BCUT2D eigenvalue weighted by molar-refractivity contribution is -0.118. The maximum atomic E-state index is 13.3. The van der Waals surface area contributed by atoms with Crippen molar-refractivity contribution >= 4 is 29.3 Å². The molecule has 0 fully saturated rings. The minimum absolute atomic E-state index is 0.0207. The number of ketones is 2. The highest BCUT2D eigenvalue weighted by Crippen LogP contribution is 2.45. The van der Waals surface area contributed by atoms with Crippen molar-refractivity contribution in [3.63, 3.8) is 0 Å². The SMILES string of the molecule is COc1ccc(C2C3=C(CC(C)(C)CC3=O)Nc3nc(SCC(=O)c4ccccc4)nn32)cc1. The zero-order valence-electron chi connectivity index (χ0n) is 19.4. The minimum atomic E-state index is -0.382. The Hall–Kier alpha value is -3.39. The van der Waals surface area contributed by atoms with Gasteiger partial charge in [-0.05, 0) is 29.5 Å². The standard InChI is InChI=1S/C26H26N4O3S/c1-26(2)13-19-22(20(31)14-26)23(17-9-11-18(33-3)12-10-17)30-24(27-19)28-25(29-30)34-15-21(32)16-7-5-4-6-8-16/h4-12,23H,13-15H2,1-3H3,(H,27,28,29). The van der Waals surface area contributed by atoms with Gasteiger partial charge in [0.2, 0.25) is 11.1 Å². The van der Waals surface area contributed by atoms with Crippen molar-refractivity contribution in [3.05, 3.63) is 77.0 Å². The summed E-state index contributed by atoms with van der Waals surface area (Å²) in [5.41, 5.74) is 3.11. The first-order chi connectivity index (χ1) is 16.3. The highest BCUT2D eigenvalue weighted by Gasteiger charge is 2.41. The van der Waals surface area contributed by atoms with Crippen LogP contribution in [-0.4, -0.2) is 39.2 Å². The number of methoxy groups -OCH3 is 1. The molecule has 1 atom stereocenters. The second-order valence-corrected chi connectivity index (χ2v) is 10.3. The second kappa shape index (κ2) is 8.76. The fraction of sp³-hybridized carbons (Fsp3) is 0.308. The molecule has 0 radical (unpaired) electrons. The average molecular weight is 475 g/mol. The Morgan fingerprint density at radius 3 is 2.59 bits per heavy atom. The summed E-state index contributed by atoms with van der Waals surface area (Å²) < 4.78 is 7.08. The molecular weight excluding hydrogens is 448 g/mol. The fourth-order valence-electron chi connectivity index (χ4n) is 4.58. The summed E-state index contributed by atoms with van der Waals surface area (Å²) in [6, 6.07) is 16.5. The number of allylic oxidation sites excluding steroid dienone is 2. The van der Waals surface area contributed by atoms with Gasteiger partial charge in [0.15, 0.2) is 11.6 Å². The van der Waals surface area contributed by atoms with E-state index in [2.05, 4.69) is 24.1 Å². The highest BCUT2D eigenvalue weighted by atomic mass is 32.2. The first kappa shape index (κ1) is 22.4. The molecule has 5 rings (SSSR count). The van der Waals surface area contributed by atoms with E-state index in [4.69, 9.17) is 9.84 Å². The van der Waals surface area contributed by atoms with Crippen LogP contribution in [-0.2, 0) is 4.79 Å². The second-order valence-electron chi connectivity index (χ2n) is 9.37. The van der Waals surface area contributed by atoms with Gasteiger partial charge in [0, 0.05) is 23.3 Å². The van der Waals surface area contributed by atoms with Crippen LogP contribution in [0.25, 0.3) is 0 Å². The number of rotatable bonds is 6. The number of benzene rings is 2. The maximum Gasteiger partial charge on any atom is 0.227 e. The van der Waals surface area contributed by atoms with E-state index in [1.54, 1.807) is 23.9 Å². The van der Waals surface area contributed by atoms with Crippen molar-refractivity contribution in [1.82, 2.24) is 14.8 Å². The van der Waals surface area contributed by atoms with Gasteiger partial charge in [0.1, 0.15) is 11.8 Å². The van der Waals surface area contributed by atoms with Crippen LogP contribution in [0.5, 0.6) is 5.75 Å². The minimum Gasteiger partial charge on any atom is -0.497 e. The third-order valence-electron chi connectivity index (χ3n) is 6.17. The van der Waals surface area contributed by atoms with Crippen LogP contribution in [0.3, 0.4) is 0 Å². The Bertz CT molecular complexity index is 1280. The monoisotopic (exact) mass is 474 g/mol. The van der Waals surface area contributed by atoms with Gasteiger partial charge < -0.3 is 10.1 Å². The molecule has 1 aromatic heterocycles. The molecule has 3 aromatic rings. The Morgan fingerprint density at radius 1 is 1.15 bits per heavy atom. The van der Waals surface area contributed by atoms with Crippen molar-refractivity contribution in [2.75, 3.05) is 18.2 Å². The predicted molar refractivity (Wildman–Crippen MR) is 131 cm³/mol. The summed E-state index contributed by atoms with van der Waals surface area (Å²) in [6.07, 6.45) is 1.24. The van der Waals surface area contributed by atoms with Gasteiger partial charge >= 0.3 is 0 Å². The van der Waals surface area contributed by atoms with Crippen LogP contribution in [0, 0.1) is 5.41 Å². The molecule has 174 valence electrons.